The summed E-state index contributed by atoms with van der Waals surface area (Å²) in [6, 6.07) is 10.2. The quantitative estimate of drug-likeness (QED) is 0.448. The Kier molecular flexibility index (Phi) is 5.53. The lowest BCUT2D eigenvalue weighted by atomic mass is 9.87. The summed E-state index contributed by atoms with van der Waals surface area (Å²) >= 11 is 0. The van der Waals surface area contributed by atoms with Gasteiger partial charge in [-0.15, -0.1) is 0 Å². The molecule has 0 fully saturated rings. The van der Waals surface area contributed by atoms with Crippen molar-refractivity contribution in [1.29, 1.82) is 0 Å². The van der Waals surface area contributed by atoms with Gasteiger partial charge in [-0.25, -0.2) is 8.42 Å². The molecule has 8 nitrogen and oxygen atoms in total. The molecule has 1 aliphatic rings. The van der Waals surface area contributed by atoms with Crippen LogP contribution in [0, 0.1) is 16.0 Å². The molecule has 0 aliphatic heterocycles. The second-order valence-electron chi connectivity index (χ2n) is 8.02. The molecule has 0 saturated carbocycles. The minimum absolute atomic E-state index is 0.0122. The predicted molar refractivity (Wildman–Crippen MR) is 117 cm³/mol. The molecule has 1 amide bonds. The van der Waals surface area contributed by atoms with Gasteiger partial charge in [0.25, 0.3) is 11.6 Å². The molecule has 1 heterocycles. The van der Waals surface area contributed by atoms with Crippen molar-refractivity contribution in [3.63, 3.8) is 0 Å². The van der Waals surface area contributed by atoms with Crippen molar-refractivity contribution in [2.75, 3.05) is 12.3 Å². The van der Waals surface area contributed by atoms with Gasteiger partial charge in [0.1, 0.15) is 0 Å². The molecule has 31 heavy (non-hydrogen) atoms. The smallest absolute Gasteiger partial charge is 0.269 e. The van der Waals surface area contributed by atoms with E-state index in [0.29, 0.717) is 11.5 Å². The summed E-state index contributed by atoms with van der Waals surface area (Å²) in [7, 11) is -3.67. The Morgan fingerprint density at radius 1 is 1.23 bits per heavy atom. The average Bonchev–Trinajstić information content (AvgIpc) is 3.10. The number of nitro benzene ring substituents is 1. The first-order valence-electron chi connectivity index (χ1n) is 10.1. The second-order valence-corrected chi connectivity index (χ2v) is 10.1. The Morgan fingerprint density at radius 2 is 1.97 bits per heavy atom. The Morgan fingerprint density at radius 3 is 2.68 bits per heavy atom. The zero-order chi connectivity index (χ0) is 22.2. The summed E-state index contributed by atoms with van der Waals surface area (Å²) in [5.74, 6) is -0.0243. The maximum absolute atomic E-state index is 12.6. The van der Waals surface area contributed by atoms with Crippen LogP contribution in [0.1, 0.15) is 35.0 Å². The second kappa shape index (κ2) is 8.14. The lowest BCUT2D eigenvalue weighted by Gasteiger charge is -2.18. The number of rotatable bonds is 6. The van der Waals surface area contributed by atoms with Gasteiger partial charge in [0.15, 0.2) is 9.84 Å². The highest BCUT2D eigenvalue weighted by molar-refractivity contribution is 7.91. The fourth-order valence-corrected chi connectivity index (χ4v) is 5.18. The summed E-state index contributed by atoms with van der Waals surface area (Å²) in [6.07, 6.45) is 3.14. The maximum atomic E-state index is 12.6. The lowest BCUT2D eigenvalue weighted by molar-refractivity contribution is -0.384. The normalized spacial score (nSPS) is 16.1. The molecule has 9 heteroatoms. The summed E-state index contributed by atoms with van der Waals surface area (Å²) in [6.45, 7) is 2.17. The standard InChI is InChI=1S/C22H23N3O5S/c1-14-2-8-20-18(12-14)19-13-15(3-9-21(19)24-20)22(26)23-10-11-31(29,30)17-6-4-16(5-7-17)25(27)28/h3-7,9,13-14,24H,2,8,10-12H2,1H3,(H,23,26)/t14-/m1/s1. The number of fused-ring (bicyclic) bond motifs is 3. The molecular weight excluding hydrogens is 418 g/mol. The first kappa shape index (κ1) is 21.0. The van der Waals surface area contributed by atoms with Crippen LogP contribution >= 0.6 is 0 Å². The van der Waals surface area contributed by atoms with Gasteiger partial charge < -0.3 is 10.3 Å². The molecule has 1 aromatic heterocycles. The molecule has 0 bridgehead atoms. The third kappa shape index (κ3) is 4.32. The van der Waals surface area contributed by atoms with Crippen molar-refractivity contribution in [1.82, 2.24) is 10.3 Å². The van der Waals surface area contributed by atoms with E-state index in [-0.39, 0.29) is 28.8 Å². The highest BCUT2D eigenvalue weighted by Crippen LogP contribution is 2.32. The van der Waals surface area contributed by atoms with E-state index in [0.717, 1.165) is 42.3 Å². The minimum atomic E-state index is -3.67. The molecule has 2 aromatic carbocycles. The number of hydrogen-bond donors (Lipinski definition) is 2. The van der Waals surface area contributed by atoms with Crippen molar-refractivity contribution < 1.29 is 18.1 Å². The number of nitrogens with one attached hydrogen (secondary N) is 2. The van der Waals surface area contributed by atoms with E-state index in [1.807, 2.05) is 12.1 Å². The van der Waals surface area contributed by atoms with Crippen LogP contribution in [0.5, 0.6) is 0 Å². The van der Waals surface area contributed by atoms with E-state index in [2.05, 4.69) is 17.2 Å². The van der Waals surface area contributed by atoms with Gasteiger partial charge in [-0.3, -0.25) is 14.9 Å². The van der Waals surface area contributed by atoms with E-state index < -0.39 is 14.8 Å². The molecule has 0 saturated heterocycles. The monoisotopic (exact) mass is 441 g/mol. The molecule has 0 spiro atoms. The number of aromatic amines is 1. The number of aromatic nitrogens is 1. The molecule has 162 valence electrons. The summed E-state index contributed by atoms with van der Waals surface area (Å²) in [5, 5.41) is 14.4. The largest absolute Gasteiger partial charge is 0.358 e. The van der Waals surface area contributed by atoms with E-state index in [1.165, 1.54) is 23.4 Å². The number of amides is 1. The van der Waals surface area contributed by atoms with Gasteiger partial charge >= 0.3 is 0 Å². The van der Waals surface area contributed by atoms with Crippen molar-refractivity contribution in [2.24, 2.45) is 5.92 Å². The zero-order valence-electron chi connectivity index (χ0n) is 17.1. The Hall–Kier alpha value is -3.20. The van der Waals surface area contributed by atoms with Crippen LogP contribution in [-0.4, -0.2) is 36.5 Å². The van der Waals surface area contributed by atoms with Crippen LogP contribution in [0.3, 0.4) is 0 Å². The third-order valence-corrected chi connectivity index (χ3v) is 7.49. The van der Waals surface area contributed by atoms with E-state index in [1.54, 1.807) is 6.07 Å². The predicted octanol–water partition coefficient (Wildman–Crippen LogP) is 3.40. The van der Waals surface area contributed by atoms with Crippen molar-refractivity contribution in [3.05, 3.63) is 69.4 Å². The van der Waals surface area contributed by atoms with E-state index in [4.69, 9.17) is 0 Å². The highest BCUT2D eigenvalue weighted by atomic mass is 32.2. The van der Waals surface area contributed by atoms with E-state index >= 15 is 0 Å². The van der Waals surface area contributed by atoms with E-state index in [9.17, 15) is 23.3 Å². The van der Waals surface area contributed by atoms with Crippen LogP contribution in [-0.2, 0) is 22.7 Å². The Bertz CT molecular complexity index is 1260. The fourth-order valence-electron chi connectivity index (χ4n) is 4.03. The number of aryl methyl sites for hydroxylation is 1. The number of nitrogens with zero attached hydrogens (tertiary/aromatic N) is 1. The van der Waals surface area contributed by atoms with Gasteiger partial charge in [-0.05, 0) is 61.1 Å². The topological polar surface area (TPSA) is 122 Å². The molecule has 0 unspecified atom stereocenters. The number of non-ortho nitro benzene ring substituents is 1. The molecule has 1 aliphatic carbocycles. The summed E-state index contributed by atoms with van der Waals surface area (Å²) < 4.78 is 24.9. The molecule has 3 aromatic rings. The first-order chi connectivity index (χ1) is 14.7. The number of carbonyl (C=O) groups excluding carboxylic acids is 1. The van der Waals surface area contributed by atoms with Crippen LogP contribution in [0.2, 0.25) is 0 Å². The van der Waals surface area contributed by atoms with Crippen molar-refractivity contribution >= 4 is 32.3 Å². The maximum Gasteiger partial charge on any atom is 0.269 e. The van der Waals surface area contributed by atoms with Crippen molar-refractivity contribution in [3.8, 4) is 0 Å². The lowest BCUT2D eigenvalue weighted by Crippen LogP contribution is -2.29. The number of benzene rings is 2. The number of H-pyrrole nitrogens is 1. The van der Waals surface area contributed by atoms with Crippen LogP contribution < -0.4 is 5.32 Å². The molecule has 1 atom stereocenters. The summed E-state index contributed by atoms with van der Waals surface area (Å²) in [4.78, 5) is 26.1. The minimum Gasteiger partial charge on any atom is -0.358 e. The first-order valence-corrected chi connectivity index (χ1v) is 11.8. The van der Waals surface area contributed by atoms with Crippen LogP contribution in [0.4, 0.5) is 5.69 Å². The zero-order valence-corrected chi connectivity index (χ0v) is 17.9. The summed E-state index contributed by atoms with van der Waals surface area (Å²) in [5.41, 5.74) is 3.82. The molecule has 0 radical (unpaired) electrons. The van der Waals surface area contributed by atoms with Crippen molar-refractivity contribution in [2.45, 2.75) is 31.1 Å². The number of sulfone groups is 1. The van der Waals surface area contributed by atoms with Gasteiger partial charge in [0, 0.05) is 40.8 Å². The van der Waals surface area contributed by atoms with Gasteiger partial charge in [-0.1, -0.05) is 6.92 Å². The third-order valence-electron chi connectivity index (χ3n) is 5.76. The Balaban J connectivity index is 1.43. The molecule has 2 N–H and O–H groups in total. The Labute approximate surface area is 179 Å². The number of hydrogen-bond acceptors (Lipinski definition) is 5. The highest BCUT2D eigenvalue weighted by Gasteiger charge is 2.21. The molecular formula is C22H23N3O5S. The average molecular weight is 442 g/mol. The fraction of sp³-hybridized carbons (Fsp3) is 0.318. The number of carbonyl (C=O) groups is 1. The van der Waals surface area contributed by atoms with Gasteiger partial charge in [0.2, 0.25) is 0 Å². The van der Waals surface area contributed by atoms with Crippen LogP contribution in [0.25, 0.3) is 10.9 Å². The van der Waals surface area contributed by atoms with Crippen LogP contribution in [0.15, 0.2) is 47.4 Å². The van der Waals surface area contributed by atoms with Gasteiger partial charge in [0.05, 0.1) is 15.6 Å². The van der Waals surface area contributed by atoms with Gasteiger partial charge in [-0.2, -0.15) is 0 Å². The molecule has 4 rings (SSSR count). The number of nitro groups is 1. The SMILES string of the molecule is C[C@@H]1CCc2[nH]c3ccc(C(=O)NCCS(=O)(=O)c4ccc([N+](=O)[O-])cc4)cc3c2C1.